The minimum Gasteiger partial charge on any atom is -0.325 e. The first-order valence-corrected chi connectivity index (χ1v) is 8.19. The van der Waals surface area contributed by atoms with E-state index in [1.54, 1.807) is 0 Å². The van der Waals surface area contributed by atoms with E-state index in [9.17, 15) is 4.79 Å². The minimum absolute atomic E-state index is 0.127. The van der Waals surface area contributed by atoms with Crippen LogP contribution in [0.3, 0.4) is 0 Å². The quantitative estimate of drug-likeness (QED) is 0.888. The molecule has 2 nitrogen and oxygen atoms in total. The van der Waals surface area contributed by atoms with Gasteiger partial charge in [0, 0.05) is 10.9 Å². The highest BCUT2D eigenvalue weighted by Crippen LogP contribution is 2.28. The Kier molecular flexibility index (Phi) is 5.32. The molecule has 0 saturated heterocycles. The van der Waals surface area contributed by atoms with Crippen LogP contribution in [0, 0.1) is 13.8 Å². The van der Waals surface area contributed by atoms with Crippen LogP contribution in [0.25, 0.3) is 0 Å². The second-order valence-electron chi connectivity index (χ2n) is 5.44. The van der Waals surface area contributed by atoms with Gasteiger partial charge in [0.2, 0.25) is 5.91 Å². The van der Waals surface area contributed by atoms with E-state index in [1.807, 2.05) is 30.8 Å². The molecule has 2 rings (SSSR count). The minimum atomic E-state index is 0.127. The van der Waals surface area contributed by atoms with Gasteiger partial charge in [-0.3, -0.25) is 4.79 Å². The maximum Gasteiger partial charge on any atom is 0.234 e. The fourth-order valence-corrected chi connectivity index (χ4v) is 3.69. The number of aryl methyl sites for hydroxylation is 2. The second kappa shape index (κ2) is 6.99. The molecule has 1 aromatic rings. The molecule has 104 valence electrons. The highest BCUT2D eigenvalue weighted by Gasteiger charge is 2.15. The Hall–Kier alpha value is -0.960. The van der Waals surface area contributed by atoms with Crippen LogP contribution in [0.15, 0.2) is 18.2 Å². The van der Waals surface area contributed by atoms with Crippen molar-refractivity contribution in [3.63, 3.8) is 0 Å². The van der Waals surface area contributed by atoms with Gasteiger partial charge in [0.05, 0.1) is 5.75 Å². The zero-order valence-corrected chi connectivity index (χ0v) is 12.7. The topological polar surface area (TPSA) is 29.1 Å². The molecule has 1 aliphatic carbocycles. The predicted molar refractivity (Wildman–Crippen MR) is 83.9 cm³/mol. The van der Waals surface area contributed by atoms with Crippen molar-refractivity contribution in [2.24, 2.45) is 0 Å². The van der Waals surface area contributed by atoms with Crippen molar-refractivity contribution in [1.82, 2.24) is 0 Å². The van der Waals surface area contributed by atoms with Crippen LogP contribution in [0.4, 0.5) is 5.69 Å². The molecule has 19 heavy (non-hydrogen) atoms. The van der Waals surface area contributed by atoms with E-state index in [0.29, 0.717) is 11.0 Å². The molecule has 1 amide bonds. The summed E-state index contributed by atoms with van der Waals surface area (Å²) < 4.78 is 0. The number of amides is 1. The summed E-state index contributed by atoms with van der Waals surface area (Å²) in [5.41, 5.74) is 3.31. The van der Waals surface area contributed by atoms with Crippen LogP contribution in [0.2, 0.25) is 0 Å². The van der Waals surface area contributed by atoms with Crippen LogP contribution >= 0.6 is 11.8 Å². The van der Waals surface area contributed by atoms with Crippen LogP contribution in [0.5, 0.6) is 0 Å². The number of anilines is 1. The largest absolute Gasteiger partial charge is 0.325 e. The fraction of sp³-hybridized carbons (Fsp3) is 0.562. The third-order valence-electron chi connectivity index (χ3n) is 3.66. The van der Waals surface area contributed by atoms with Crippen molar-refractivity contribution in [2.45, 2.75) is 51.2 Å². The van der Waals surface area contributed by atoms with Gasteiger partial charge in [-0.25, -0.2) is 0 Å². The SMILES string of the molecule is Cc1ccc(NC(=O)CSC2CCCCC2)c(C)c1. The monoisotopic (exact) mass is 277 g/mol. The summed E-state index contributed by atoms with van der Waals surface area (Å²) in [6.45, 7) is 4.11. The molecule has 0 aromatic heterocycles. The molecule has 0 spiro atoms. The van der Waals surface area contributed by atoms with Crippen molar-refractivity contribution in [3.8, 4) is 0 Å². The number of hydrogen-bond donors (Lipinski definition) is 1. The first kappa shape index (κ1) is 14.4. The first-order chi connectivity index (χ1) is 9.15. The summed E-state index contributed by atoms with van der Waals surface area (Å²) in [4.78, 5) is 12.0. The number of rotatable bonds is 4. The third kappa shape index (κ3) is 4.57. The van der Waals surface area contributed by atoms with Gasteiger partial charge in [-0.15, -0.1) is 11.8 Å². The molecule has 0 bridgehead atoms. The summed E-state index contributed by atoms with van der Waals surface area (Å²) in [6, 6.07) is 6.13. The first-order valence-electron chi connectivity index (χ1n) is 7.14. The fourth-order valence-electron chi connectivity index (χ4n) is 2.57. The molecule has 0 aliphatic heterocycles. The molecule has 1 aromatic carbocycles. The van der Waals surface area contributed by atoms with E-state index in [1.165, 1.54) is 37.7 Å². The van der Waals surface area contributed by atoms with Crippen LogP contribution in [-0.2, 0) is 4.79 Å². The molecule has 1 aliphatic rings. The van der Waals surface area contributed by atoms with Crippen molar-refractivity contribution in [3.05, 3.63) is 29.3 Å². The lowest BCUT2D eigenvalue weighted by Crippen LogP contribution is -2.18. The van der Waals surface area contributed by atoms with Gasteiger partial charge in [0.15, 0.2) is 0 Å². The second-order valence-corrected chi connectivity index (χ2v) is 6.73. The van der Waals surface area contributed by atoms with Crippen molar-refractivity contribution in [1.29, 1.82) is 0 Å². The Morgan fingerprint density at radius 3 is 2.68 bits per heavy atom. The van der Waals surface area contributed by atoms with Gasteiger partial charge < -0.3 is 5.32 Å². The van der Waals surface area contributed by atoms with Gasteiger partial charge in [0.1, 0.15) is 0 Å². The molecule has 0 atom stereocenters. The van der Waals surface area contributed by atoms with Crippen molar-refractivity contribution >= 4 is 23.4 Å². The number of benzene rings is 1. The maximum absolute atomic E-state index is 12.0. The molecule has 1 fully saturated rings. The highest BCUT2D eigenvalue weighted by molar-refractivity contribution is 8.00. The number of hydrogen-bond acceptors (Lipinski definition) is 2. The van der Waals surface area contributed by atoms with Crippen LogP contribution in [0.1, 0.15) is 43.2 Å². The summed E-state index contributed by atoms with van der Waals surface area (Å²) in [5.74, 6) is 0.709. The summed E-state index contributed by atoms with van der Waals surface area (Å²) in [7, 11) is 0. The lowest BCUT2D eigenvalue weighted by Gasteiger charge is -2.20. The Balaban J connectivity index is 1.80. The summed E-state index contributed by atoms with van der Waals surface area (Å²) in [6.07, 6.45) is 6.58. The molecular weight excluding hydrogens is 254 g/mol. The number of carbonyl (C=O) groups is 1. The Morgan fingerprint density at radius 2 is 2.00 bits per heavy atom. The zero-order valence-electron chi connectivity index (χ0n) is 11.9. The normalized spacial score (nSPS) is 16.3. The van der Waals surface area contributed by atoms with E-state index < -0.39 is 0 Å². The molecule has 0 unspecified atom stereocenters. The Morgan fingerprint density at radius 1 is 1.26 bits per heavy atom. The average molecular weight is 277 g/mol. The number of thioether (sulfide) groups is 1. The summed E-state index contributed by atoms with van der Waals surface area (Å²) >= 11 is 1.82. The smallest absolute Gasteiger partial charge is 0.234 e. The third-order valence-corrected chi connectivity index (χ3v) is 5.03. The van der Waals surface area contributed by atoms with Crippen LogP contribution < -0.4 is 5.32 Å². The van der Waals surface area contributed by atoms with Crippen molar-refractivity contribution < 1.29 is 4.79 Å². The van der Waals surface area contributed by atoms with Crippen molar-refractivity contribution in [2.75, 3.05) is 11.1 Å². The number of carbonyl (C=O) groups excluding carboxylic acids is 1. The average Bonchev–Trinajstić information content (AvgIpc) is 2.41. The maximum atomic E-state index is 12.0. The van der Waals surface area contributed by atoms with Gasteiger partial charge in [0.25, 0.3) is 0 Å². The Bertz CT molecular complexity index is 438. The van der Waals surface area contributed by atoms with E-state index in [0.717, 1.165) is 11.3 Å². The molecule has 1 saturated carbocycles. The van der Waals surface area contributed by atoms with Gasteiger partial charge >= 0.3 is 0 Å². The molecule has 0 heterocycles. The van der Waals surface area contributed by atoms with E-state index in [2.05, 4.69) is 18.3 Å². The van der Waals surface area contributed by atoms with E-state index in [4.69, 9.17) is 0 Å². The molecule has 1 N–H and O–H groups in total. The zero-order chi connectivity index (χ0) is 13.7. The number of nitrogens with one attached hydrogen (secondary N) is 1. The summed E-state index contributed by atoms with van der Waals surface area (Å²) in [5, 5.41) is 3.71. The lowest BCUT2D eigenvalue weighted by molar-refractivity contribution is -0.113. The van der Waals surface area contributed by atoms with Crippen LogP contribution in [-0.4, -0.2) is 16.9 Å². The van der Waals surface area contributed by atoms with Gasteiger partial charge in [-0.05, 0) is 38.3 Å². The van der Waals surface area contributed by atoms with Gasteiger partial charge in [-0.1, -0.05) is 37.0 Å². The highest BCUT2D eigenvalue weighted by atomic mass is 32.2. The van der Waals surface area contributed by atoms with Gasteiger partial charge in [-0.2, -0.15) is 0 Å². The molecule has 0 radical (unpaired) electrons. The molecule has 3 heteroatoms. The molecular formula is C16H23NOS. The standard InChI is InChI=1S/C16H23NOS/c1-12-8-9-15(13(2)10-12)17-16(18)11-19-14-6-4-3-5-7-14/h8-10,14H,3-7,11H2,1-2H3,(H,17,18). The predicted octanol–water partition coefficient (Wildman–Crippen LogP) is 4.31. The van der Waals surface area contributed by atoms with E-state index >= 15 is 0 Å². The lowest BCUT2D eigenvalue weighted by atomic mass is 10.0. The van der Waals surface area contributed by atoms with E-state index in [-0.39, 0.29) is 5.91 Å². The Labute approximate surface area is 120 Å².